The van der Waals surface area contributed by atoms with Crippen LogP contribution >= 0.6 is 0 Å². The maximum absolute atomic E-state index is 11.9. The van der Waals surface area contributed by atoms with Crippen molar-refractivity contribution in [3.8, 4) is 17.9 Å². The number of hydrogen-bond donors (Lipinski definition) is 1. The molecule has 1 rings (SSSR count). The number of allylic oxidation sites excluding steroid dienone is 1. The summed E-state index contributed by atoms with van der Waals surface area (Å²) in [6.07, 6.45) is 1.25. The second kappa shape index (κ2) is 7.30. The van der Waals surface area contributed by atoms with Gasteiger partial charge in [-0.15, -0.1) is 0 Å². The number of benzene rings is 1. The highest BCUT2D eigenvalue weighted by Gasteiger charge is 2.19. The maximum atomic E-state index is 11.9. The van der Waals surface area contributed by atoms with Crippen molar-refractivity contribution in [1.82, 2.24) is 0 Å². The number of sulfone groups is 1. The molecule has 0 aromatic heterocycles. The Morgan fingerprint density at radius 1 is 1.17 bits per heavy atom. The molecule has 0 atom stereocenters. The fourth-order valence-electron chi connectivity index (χ4n) is 2.17. The summed E-state index contributed by atoms with van der Waals surface area (Å²) in [6.45, 7) is 7.68. The molecule has 0 amide bonds. The van der Waals surface area contributed by atoms with Crippen molar-refractivity contribution >= 4 is 15.9 Å². The van der Waals surface area contributed by atoms with Crippen LogP contribution in [-0.2, 0) is 9.84 Å². The Balaban J connectivity index is 3.58. The zero-order chi connectivity index (χ0) is 17.8. The predicted octanol–water partition coefficient (Wildman–Crippen LogP) is 3.44. The Morgan fingerprint density at radius 2 is 1.65 bits per heavy atom. The van der Waals surface area contributed by atoms with Crippen molar-refractivity contribution in [1.29, 1.82) is 10.5 Å². The largest absolute Gasteiger partial charge is 0.507 e. The van der Waals surface area contributed by atoms with E-state index in [0.717, 1.165) is 0 Å². The van der Waals surface area contributed by atoms with Crippen molar-refractivity contribution in [3.63, 3.8) is 0 Å². The lowest BCUT2D eigenvalue weighted by atomic mass is 9.91. The van der Waals surface area contributed by atoms with E-state index in [9.17, 15) is 13.5 Å². The van der Waals surface area contributed by atoms with Crippen molar-refractivity contribution in [2.24, 2.45) is 0 Å². The first kappa shape index (κ1) is 18.7. The summed E-state index contributed by atoms with van der Waals surface area (Å²) in [5.41, 5.74) is 1.91. The van der Waals surface area contributed by atoms with Crippen molar-refractivity contribution < 1.29 is 13.5 Å². The topological polar surface area (TPSA) is 102 Å². The molecule has 0 unspecified atom stereocenters. The number of aromatic hydroxyl groups is 1. The Kier molecular flexibility index (Phi) is 5.95. The highest BCUT2D eigenvalue weighted by atomic mass is 32.2. The third-order valence-electron chi connectivity index (χ3n) is 3.43. The second-order valence-corrected chi connectivity index (χ2v) is 7.85. The van der Waals surface area contributed by atoms with E-state index in [1.54, 1.807) is 24.3 Å². The molecule has 0 radical (unpaired) electrons. The van der Waals surface area contributed by atoms with E-state index < -0.39 is 20.5 Å². The molecule has 0 saturated carbocycles. The molecule has 0 aliphatic heterocycles. The Bertz CT molecular complexity index is 778. The van der Waals surface area contributed by atoms with Crippen LogP contribution in [0.25, 0.3) is 6.08 Å². The van der Waals surface area contributed by atoms with E-state index in [-0.39, 0.29) is 17.6 Å². The van der Waals surface area contributed by atoms with Crippen LogP contribution in [-0.4, -0.2) is 19.3 Å². The van der Waals surface area contributed by atoms with Gasteiger partial charge in [-0.2, -0.15) is 10.5 Å². The molecule has 1 aromatic rings. The zero-order valence-electron chi connectivity index (χ0n) is 13.7. The SMILES string of the molecule is CC(C)c1cc(/C=C(\C#N)S(=O)(=O)CC#N)cc(C(C)C)c1O. The van der Waals surface area contributed by atoms with Gasteiger partial charge in [-0.25, -0.2) is 8.42 Å². The van der Waals surface area contributed by atoms with Crippen LogP contribution in [0.5, 0.6) is 5.75 Å². The molecule has 122 valence electrons. The lowest BCUT2D eigenvalue weighted by Gasteiger charge is -2.16. The molecule has 0 aliphatic carbocycles. The van der Waals surface area contributed by atoms with Gasteiger partial charge in [-0.05, 0) is 46.7 Å². The first-order chi connectivity index (χ1) is 10.6. The van der Waals surface area contributed by atoms with E-state index in [2.05, 4.69) is 0 Å². The van der Waals surface area contributed by atoms with Gasteiger partial charge in [0.05, 0.1) is 6.07 Å². The summed E-state index contributed by atoms with van der Waals surface area (Å²) in [6, 6.07) is 6.55. The predicted molar refractivity (Wildman–Crippen MR) is 89.3 cm³/mol. The van der Waals surface area contributed by atoms with Gasteiger partial charge < -0.3 is 5.11 Å². The molecule has 0 bridgehead atoms. The lowest BCUT2D eigenvalue weighted by Crippen LogP contribution is -2.06. The van der Waals surface area contributed by atoms with E-state index in [1.165, 1.54) is 6.08 Å². The van der Waals surface area contributed by atoms with Crippen LogP contribution in [0.4, 0.5) is 0 Å². The number of phenols is 1. The van der Waals surface area contributed by atoms with Gasteiger partial charge in [0.25, 0.3) is 0 Å². The molecule has 23 heavy (non-hydrogen) atoms. The molecular formula is C17H20N2O3S. The smallest absolute Gasteiger partial charge is 0.201 e. The average Bonchev–Trinajstić information content (AvgIpc) is 2.44. The second-order valence-electron chi connectivity index (χ2n) is 5.89. The average molecular weight is 332 g/mol. The van der Waals surface area contributed by atoms with Crippen molar-refractivity contribution in [3.05, 3.63) is 33.7 Å². The monoisotopic (exact) mass is 332 g/mol. The first-order valence-corrected chi connectivity index (χ1v) is 8.87. The van der Waals surface area contributed by atoms with Gasteiger partial charge in [-0.1, -0.05) is 27.7 Å². The van der Waals surface area contributed by atoms with E-state index in [0.29, 0.717) is 16.7 Å². The summed E-state index contributed by atoms with van der Waals surface area (Å²) in [5.74, 6) is -0.451. The fraction of sp³-hybridized carbons (Fsp3) is 0.412. The van der Waals surface area contributed by atoms with Gasteiger partial charge in [0.15, 0.2) is 0 Å². The molecule has 5 nitrogen and oxygen atoms in total. The van der Waals surface area contributed by atoms with Gasteiger partial charge in [0, 0.05) is 0 Å². The van der Waals surface area contributed by atoms with Crippen LogP contribution in [0.1, 0.15) is 56.2 Å². The highest BCUT2D eigenvalue weighted by molar-refractivity contribution is 7.95. The molecule has 0 fully saturated rings. The van der Waals surface area contributed by atoms with Crippen LogP contribution in [0.15, 0.2) is 17.0 Å². The third-order valence-corrected chi connectivity index (χ3v) is 4.82. The van der Waals surface area contributed by atoms with E-state index >= 15 is 0 Å². The van der Waals surface area contributed by atoms with Gasteiger partial charge in [-0.3, -0.25) is 0 Å². The van der Waals surface area contributed by atoms with E-state index in [1.807, 2.05) is 27.7 Å². The Hall–Kier alpha value is -2.31. The van der Waals surface area contributed by atoms with Crippen LogP contribution < -0.4 is 0 Å². The van der Waals surface area contributed by atoms with Crippen molar-refractivity contribution in [2.75, 3.05) is 5.75 Å². The fourth-order valence-corrected chi connectivity index (χ4v) is 2.95. The first-order valence-electron chi connectivity index (χ1n) is 7.22. The summed E-state index contributed by atoms with van der Waals surface area (Å²) in [4.78, 5) is -0.450. The Morgan fingerprint density at radius 3 is 2.00 bits per heavy atom. The summed E-state index contributed by atoms with van der Waals surface area (Å²) in [5, 5.41) is 28.0. The van der Waals surface area contributed by atoms with Crippen LogP contribution in [0.3, 0.4) is 0 Å². The number of nitriles is 2. The van der Waals surface area contributed by atoms with Gasteiger partial charge in [0.2, 0.25) is 9.84 Å². The molecule has 0 aliphatic rings. The van der Waals surface area contributed by atoms with Crippen LogP contribution in [0.2, 0.25) is 0 Å². The minimum atomic E-state index is -3.92. The minimum Gasteiger partial charge on any atom is -0.507 e. The summed E-state index contributed by atoms with van der Waals surface area (Å²) < 4.78 is 23.8. The lowest BCUT2D eigenvalue weighted by molar-refractivity contribution is 0.454. The maximum Gasteiger partial charge on any atom is 0.201 e. The summed E-state index contributed by atoms with van der Waals surface area (Å²) in [7, 11) is -3.92. The zero-order valence-corrected chi connectivity index (χ0v) is 14.5. The number of rotatable bonds is 5. The molecule has 0 spiro atoms. The minimum absolute atomic E-state index is 0.0436. The molecule has 0 saturated heterocycles. The normalized spacial score (nSPS) is 12.3. The molecule has 1 aromatic carbocycles. The molecular weight excluding hydrogens is 312 g/mol. The number of nitrogens with zero attached hydrogens (tertiary/aromatic N) is 2. The standard InChI is InChI=1S/C17H20N2O3S/c1-11(2)15-8-13(9-16(12(3)4)17(15)20)7-14(10-19)23(21,22)6-5-18/h7-9,11-12,20H,6H2,1-4H3/b14-7+. The molecule has 0 heterocycles. The number of phenolic OH excluding ortho intramolecular Hbond substituents is 1. The van der Waals surface area contributed by atoms with Crippen LogP contribution in [0, 0.1) is 22.7 Å². The van der Waals surface area contributed by atoms with E-state index in [4.69, 9.17) is 10.5 Å². The third kappa shape index (κ3) is 4.34. The van der Waals surface area contributed by atoms with Gasteiger partial charge in [0.1, 0.15) is 22.5 Å². The molecule has 6 heteroatoms. The molecule has 1 N–H and O–H groups in total. The number of hydrogen-bond acceptors (Lipinski definition) is 5. The quantitative estimate of drug-likeness (QED) is 0.832. The highest BCUT2D eigenvalue weighted by Crippen LogP contribution is 2.35. The Labute approximate surface area is 137 Å². The summed E-state index contributed by atoms with van der Waals surface area (Å²) >= 11 is 0. The van der Waals surface area contributed by atoms with Crippen molar-refractivity contribution in [2.45, 2.75) is 39.5 Å². The van der Waals surface area contributed by atoms with Gasteiger partial charge >= 0.3 is 0 Å².